The molecule has 5 nitrogen and oxygen atoms in total. The van der Waals surface area contributed by atoms with Gasteiger partial charge >= 0.3 is 0 Å². The molecule has 0 aliphatic carbocycles. The van der Waals surface area contributed by atoms with E-state index in [9.17, 15) is 9.59 Å². The summed E-state index contributed by atoms with van der Waals surface area (Å²) in [5.41, 5.74) is 5.44. The van der Waals surface area contributed by atoms with E-state index in [0.29, 0.717) is 13.0 Å². The lowest BCUT2D eigenvalue weighted by atomic mass is 9.86. The number of para-hydroxylation sites is 1. The van der Waals surface area contributed by atoms with Crippen LogP contribution in [-0.4, -0.2) is 45.7 Å². The number of benzene rings is 3. The summed E-state index contributed by atoms with van der Waals surface area (Å²) in [6.07, 6.45) is 2.26. The lowest BCUT2D eigenvalue weighted by Crippen LogP contribution is -2.63. The number of rotatable bonds is 5. The smallest absolute Gasteiger partial charge is 0.246 e. The zero-order valence-electron chi connectivity index (χ0n) is 19.3. The van der Waals surface area contributed by atoms with Gasteiger partial charge in [-0.3, -0.25) is 9.59 Å². The predicted molar refractivity (Wildman–Crippen MR) is 140 cm³/mol. The van der Waals surface area contributed by atoms with Crippen molar-refractivity contribution >= 4 is 38.6 Å². The summed E-state index contributed by atoms with van der Waals surface area (Å²) < 4.78 is 0.952. The fourth-order valence-electron chi connectivity index (χ4n) is 5.65. The molecule has 1 aromatic heterocycles. The first-order valence-corrected chi connectivity index (χ1v) is 12.9. The summed E-state index contributed by atoms with van der Waals surface area (Å²) >= 11 is 3.59. The highest BCUT2D eigenvalue weighted by molar-refractivity contribution is 9.10. The molecule has 1 saturated heterocycles. The van der Waals surface area contributed by atoms with E-state index in [1.54, 1.807) is 4.90 Å². The number of fused-ring (bicyclic) bond motifs is 4. The Kier molecular flexibility index (Phi) is 5.69. The zero-order valence-corrected chi connectivity index (χ0v) is 20.9. The summed E-state index contributed by atoms with van der Waals surface area (Å²) in [4.78, 5) is 34.6. The number of piperazine rings is 1. The number of carbonyl (C=O) groups excluding carboxylic acids is 2. The second-order valence-electron chi connectivity index (χ2n) is 9.39. The first kappa shape index (κ1) is 22.1. The van der Waals surface area contributed by atoms with Crippen molar-refractivity contribution in [2.75, 3.05) is 13.1 Å². The molecule has 2 atom stereocenters. The second-order valence-corrected chi connectivity index (χ2v) is 10.3. The molecule has 2 unspecified atom stereocenters. The Labute approximate surface area is 212 Å². The molecule has 6 heteroatoms. The normalized spacial score (nSPS) is 19.7. The van der Waals surface area contributed by atoms with Gasteiger partial charge in [0.05, 0.1) is 12.6 Å². The Balaban J connectivity index is 1.35. The van der Waals surface area contributed by atoms with Gasteiger partial charge in [-0.2, -0.15) is 0 Å². The average molecular weight is 528 g/mol. The van der Waals surface area contributed by atoms with E-state index in [2.05, 4.69) is 45.2 Å². The third-order valence-corrected chi connectivity index (χ3v) is 7.74. The number of halogens is 1. The van der Waals surface area contributed by atoms with Crippen molar-refractivity contribution in [3.05, 3.63) is 106 Å². The standard InChI is InChI=1S/C29H26BrN3O2/c30-21-12-6-11-20(16-21)28-27-23(22-13-4-5-14-24(22)31-27)17-25-29(35)32(18-26(34)33(25)28)15-7-10-19-8-2-1-3-9-19/h1-6,8-9,11-14,16,25,28,31H,7,10,15,17-18H2. The fourth-order valence-corrected chi connectivity index (χ4v) is 6.07. The number of hydrogen-bond donors (Lipinski definition) is 1. The number of carbonyl (C=O) groups is 2. The largest absolute Gasteiger partial charge is 0.356 e. The van der Waals surface area contributed by atoms with Crippen molar-refractivity contribution in [2.24, 2.45) is 0 Å². The molecule has 2 aliphatic heterocycles. The van der Waals surface area contributed by atoms with Gasteiger partial charge in [-0.25, -0.2) is 0 Å². The van der Waals surface area contributed by atoms with Gasteiger partial charge in [0, 0.05) is 34.0 Å². The monoisotopic (exact) mass is 527 g/mol. The lowest BCUT2D eigenvalue weighted by Gasteiger charge is -2.47. The maximum absolute atomic E-state index is 13.8. The molecule has 4 aromatic rings. The third-order valence-electron chi connectivity index (χ3n) is 7.24. The Morgan fingerprint density at radius 3 is 2.57 bits per heavy atom. The van der Waals surface area contributed by atoms with E-state index in [4.69, 9.17) is 0 Å². The molecular weight excluding hydrogens is 502 g/mol. The highest BCUT2D eigenvalue weighted by atomic mass is 79.9. The molecule has 1 fully saturated rings. The minimum absolute atomic E-state index is 0.00333. The quantitative estimate of drug-likeness (QED) is 0.385. The summed E-state index contributed by atoms with van der Waals surface area (Å²) in [5.74, 6) is 0.0529. The Bertz CT molecular complexity index is 1410. The molecule has 2 amide bonds. The van der Waals surface area contributed by atoms with Gasteiger partial charge < -0.3 is 14.8 Å². The molecule has 2 aliphatic rings. The van der Waals surface area contributed by atoms with E-state index >= 15 is 0 Å². The van der Waals surface area contributed by atoms with Gasteiger partial charge in [-0.05, 0) is 47.7 Å². The first-order chi connectivity index (χ1) is 17.1. The number of aromatic amines is 1. The molecule has 6 rings (SSSR count). The van der Waals surface area contributed by atoms with Crippen LogP contribution in [0, 0.1) is 0 Å². The molecule has 0 spiro atoms. The molecule has 0 saturated carbocycles. The van der Waals surface area contributed by atoms with E-state index in [1.165, 1.54) is 5.56 Å². The zero-order chi connectivity index (χ0) is 23.9. The third kappa shape index (κ3) is 3.96. The van der Waals surface area contributed by atoms with Crippen molar-refractivity contribution < 1.29 is 9.59 Å². The van der Waals surface area contributed by atoms with Gasteiger partial charge in [0.1, 0.15) is 6.04 Å². The molecular formula is C29H26BrN3O2. The van der Waals surface area contributed by atoms with Crippen LogP contribution in [0.4, 0.5) is 0 Å². The average Bonchev–Trinajstić information content (AvgIpc) is 3.25. The summed E-state index contributed by atoms with van der Waals surface area (Å²) in [5, 5.41) is 1.13. The maximum atomic E-state index is 13.8. The topological polar surface area (TPSA) is 56.4 Å². The minimum atomic E-state index is -0.497. The SMILES string of the molecule is O=C1C2Cc3c([nH]c4ccccc34)C(c3cccc(Br)c3)N2C(=O)CN1CCCc1ccccc1. The van der Waals surface area contributed by atoms with Gasteiger partial charge in [-0.15, -0.1) is 0 Å². The summed E-state index contributed by atoms with van der Waals surface area (Å²) in [6.45, 7) is 0.719. The van der Waals surface area contributed by atoms with Crippen LogP contribution < -0.4 is 0 Å². The Morgan fingerprint density at radius 2 is 1.74 bits per heavy atom. The van der Waals surface area contributed by atoms with E-state index in [1.807, 2.05) is 59.5 Å². The summed E-state index contributed by atoms with van der Waals surface area (Å²) in [6, 6.07) is 25.7. The number of nitrogens with one attached hydrogen (secondary N) is 1. The number of amides is 2. The minimum Gasteiger partial charge on any atom is -0.356 e. The maximum Gasteiger partial charge on any atom is 0.246 e. The van der Waals surface area contributed by atoms with Crippen LogP contribution in [-0.2, 0) is 22.4 Å². The predicted octanol–water partition coefficient (Wildman–Crippen LogP) is 5.25. The van der Waals surface area contributed by atoms with Crippen LogP contribution in [0.3, 0.4) is 0 Å². The first-order valence-electron chi connectivity index (χ1n) is 12.1. The number of aryl methyl sites for hydroxylation is 1. The van der Waals surface area contributed by atoms with Crippen molar-refractivity contribution in [1.29, 1.82) is 0 Å². The number of nitrogens with zero attached hydrogens (tertiary/aromatic N) is 2. The van der Waals surface area contributed by atoms with Gasteiger partial charge in [0.25, 0.3) is 0 Å². The van der Waals surface area contributed by atoms with E-state index in [0.717, 1.165) is 45.0 Å². The second kappa shape index (κ2) is 9.00. The van der Waals surface area contributed by atoms with E-state index in [-0.39, 0.29) is 24.4 Å². The number of hydrogen-bond acceptors (Lipinski definition) is 2. The fraction of sp³-hybridized carbons (Fsp3) is 0.241. The van der Waals surface area contributed by atoms with E-state index < -0.39 is 6.04 Å². The molecule has 1 N–H and O–H groups in total. The van der Waals surface area contributed by atoms with Crippen LogP contribution in [0.15, 0.2) is 83.3 Å². The lowest BCUT2D eigenvalue weighted by molar-refractivity contribution is -0.158. The Hall–Kier alpha value is -3.38. The molecule has 35 heavy (non-hydrogen) atoms. The molecule has 3 aromatic carbocycles. The number of H-pyrrole nitrogens is 1. The Morgan fingerprint density at radius 1 is 0.943 bits per heavy atom. The van der Waals surface area contributed by atoms with Crippen LogP contribution in [0.5, 0.6) is 0 Å². The van der Waals surface area contributed by atoms with Crippen LogP contribution in [0.1, 0.15) is 34.8 Å². The molecule has 176 valence electrons. The van der Waals surface area contributed by atoms with Crippen LogP contribution in [0.25, 0.3) is 10.9 Å². The van der Waals surface area contributed by atoms with Crippen molar-refractivity contribution in [3.63, 3.8) is 0 Å². The van der Waals surface area contributed by atoms with Crippen molar-refractivity contribution in [2.45, 2.75) is 31.3 Å². The van der Waals surface area contributed by atoms with Gasteiger partial charge in [0.15, 0.2) is 0 Å². The molecule has 3 heterocycles. The van der Waals surface area contributed by atoms with Gasteiger partial charge in [-0.1, -0.05) is 76.6 Å². The summed E-state index contributed by atoms with van der Waals surface area (Å²) in [7, 11) is 0. The molecule has 0 radical (unpaired) electrons. The van der Waals surface area contributed by atoms with Crippen molar-refractivity contribution in [1.82, 2.24) is 14.8 Å². The number of aromatic nitrogens is 1. The molecule has 0 bridgehead atoms. The van der Waals surface area contributed by atoms with Crippen LogP contribution >= 0.6 is 15.9 Å². The van der Waals surface area contributed by atoms with Crippen LogP contribution in [0.2, 0.25) is 0 Å². The van der Waals surface area contributed by atoms with Crippen molar-refractivity contribution in [3.8, 4) is 0 Å². The highest BCUT2D eigenvalue weighted by Gasteiger charge is 2.48. The van der Waals surface area contributed by atoms with Gasteiger partial charge in [0.2, 0.25) is 11.8 Å². The highest BCUT2D eigenvalue weighted by Crippen LogP contribution is 2.42.